The lowest BCUT2D eigenvalue weighted by atomic mass is 10.1. The summed E-state index contributed by atoms with van der Waals surface area (Å²) in [6.45, 7) is 0. The molecule has 0 bridgehead atoms. The van der Waals surface area contributed by atoms with Crippen LogP contribution >= 0.6 is 0 Å². The number of aliphatic hydroxyl groups excluding tert-OH is 1. The van der Waals surface area contributed by atoms with E-state index < -0.39 is 12.1 Å². The van der Waals surface area contributed by atoms with Gasteiger partial charge in [0.1, 0.15) is 6.04 Å². The molecule has 0 unspecified atom stereocenters. The van der Waals surface area contributed by atoms with Crippen molar-refractivity contribution in [3.63, 3.8) is 0 Å². The number of rotatable bonds is 2. The van der Waals surface area contributed by atoms with Crippen LogP contribution in [-0.4, -0.2) is 29.1 Å². The van der Waals surface area contributed by atoms with Gasteiger partial charge in [-0.15, -0.1) is 0 Å². The largest absolute Gasteiger partial charge is 0.390 e. The average Bonchev–Trinajstić information content (AvgIpc) is 2.95. The first-order chi connectivity index (χ1) is 9.15. The third kappa shape index (κ3) is 2.21. The second-order valence-corrected chi connectivity index (χ2v) is 5.12. The van der Waals surface area contributed by atoms with E-state index in [4.69, 9.17) is 0 Å². The first kappa shape index (κ1) is 12.2. The number of carbonyl (C=O) groups excluding carboxylic acids is 2. The molecule has 0 aromatic heterocycles. The Labute approximate surface area is 111 Å². The van der Waals surface area contributed by atoms with Gasteiger partial charge in [-0.05, 0) is 17.5 Å². The third-order valence-electron chi connectivity index (χ3n) is 3.81. The molecule has 1 aliphatic carbocycles. The second-order valence-electron chi connectivity index (χ2n) is 5.12. The minimum Gasteiger partial charge on any atom is -0.390 e. The molecule has 2 amide bonds. The summed E-state index contributed by atoms with van der Waals surface area (Å²) in [7, 11) is 0. The van der Waals surface area contributed by atoms with Crippen molar-refractivity contribution in [2.45, 2.75) is 37.5 Å². The van der Waals surface area contributed by atoms with Gasteiger partial charge in [0.25, 0.3) is 0 Å². The molecule has 0 spiro atoms. The highest BCUT2D eigenvalue weighted by atomic mass is 16.3. The van der Waals surface area contributed by atoms with E-state index in [9.17, 15) is 14.7 Å². The zero-order valence-corrected chi connectivity index (χ0v) is 10.4. The van der Waals surface area contributed by atoms with Crippen LogP contribution in [-0.2, 0) is 16.0 Å². The quantitative estimate of drug-likeness (QED) is 0.702. The maximum atomic E-state index is 12.1. The van der Waals surface area contributed by atoms with Gasteiger partial charge < -0.3 is 15.7 Å². The van der Waals surface area contributed by atoms with Gasteiger partial charge in [-0.1, -0.05) is 24.3 Å². The van der Waals surface area contributed by atoms with Crippen LogP contribution in [0.1, 0.15) is 30.0 Å². The second kappa shape index (κ2) is 4.66. The Morgan fingerprint density at radius 1 is 1.37 bits per heavy atom. The summed E-state index contributed by atoms with van der Waals surface area (Å²) in [5.41, 5.74) is 2.03. The van der Waals surface area contributed by atoms with Crippen LogP contribution in [0.4, 0.5) is 0 Å². The predicted octanol–water partition coefficient (Wildman–Crippen LogP) is 0.0395. The van der Waals surface area contributed by atoms with E-state index >= 15 is 0 Å². The molecule has 0 saturated carbocycles. The van der Waals surface area contributed by atoms with Crippen LogP contribution in [0, 0.1) is 0 Å². The van der Waals surface area contributed by atoms with Gasteiger partial charge in [0, 0.05) is 12.8 Å². The molecule has 0 radical (unpaired) electrons. The maximum Gasteiger partial charge on any atom is 0.243 e. The molecule has 1 aromatic carbocycles. The van der Waals surface area contributed by atoms with E-state index in [1.807, 2.05) is 24.3 Å². The minimum atomic E-state index is -0.599. The molecule has 3 N–H and O–H groups in total. The van der Waals surface area contributed by atoms with Crippen molar-refractivity contribution >= 4 is 11.8 Å². The molecule has 1 aromatic rings. The van der Waals surface area contributed by atoms with E-state index in [1.54, 1.807) is 0 Å². The molecule has 5 heteroatoms. The Balaban J connectivity index is 1.73. The molecule has 100 valence electrons. The molecular weight excluding hydrogens is 244 g/mol. The van der Waals surface area contributed by atoms with Gasteiger partial charge in [0.2, 0.25) is 11.8 Å². The SMILES string of the molecule is O=C1CC[C@@H](C(=O)N[C@H]2c3ccccc3C[C@H]2O)N1. The summed E-state index contributed by atoms with van der Waals surface area (Å²) in [4.78, 5) is 23.2. The van der Waals surface area contributed by atoms with Crippen molar-refractivity contribution in [1.82, 2.24) is 10.6 Å². The van der Waals surface area contributed by atoms with Gasteiger partial charge in [-0.3, -0.25) is 9.59 Å². The number of fused-ring (bicyclic) bond motifs is 1. The van der Waals surface area contributed by atoms with Crippen molar-refractivity contribution in [3.8, 4) is 0 Å². The topological polar surface area (TPSA) is 78.4 Å². The fraction of sp³-hybridized carbons (Fsp3) is 0.429. The standard InChI is InChI=1S/C14H16N2O3/c17-11-7-8-3-1-2-4-9(8)13(11)16-14(19)10-5-6-12(18)15-10/h1-4,10-11,13,17H,5-7H2,(H,15,18)(H,16,19)/t10-,11+,13-/m0/s1. The van der Waals surface area contributed by atoms with Crippen molar-refractivity contribution in [3.05, 3.63) is 35.4 Å². The van der Waals surface area contributed by atoms with Gasteiger partial charge in [0.15, 0.2) is 0 Å². The molecule has 2 aliphatic rings. The van der Waals surface area contributed by atoms with Crippen LogP contribution in [0.25, 0.3) is 0 Å². The van der Waals surface area contributed by atoms with Crippen LogP contribution in [0.3, 0.4) is 0 Å². The molecular formula is C14H16N2O3. The lowest BCUT2D eigenvalue weighted by Crippen LogP contribution is -2.44. The summed E-state index contributed by atoms with van der Waals surface area (Å²) in [6.07, 6.45) is 0.869. The van der Waals surface area contributed by atoms with Crippen molar-refractivity contribution in [2.24, 2.45) is 0 Å². The number of hydrogen-bond acceptors (Lipinski definition) is 3. The number of carbonyl (C=O) groups is 2. The first-order valence-electron chi connectivity index (χ1n) is 6.51. The Morgan fingerprint density at radius 2 is 2.16 bits per heavy atom. The molecule has 5 nitrogen and oxygen atoms in total. The molecule has 1 aliphatic heterocycles. The molecule has 1 fully saturated rings. The van der Waals surface area contributed by atoms with E-state index in [0.717, 1.165) is 11.1 Å². The third-order valence-corrected chi connectivity index (χ3v) is 3.81. The van der Waals surface area contributed by atoms with Crippen LogP contribution in [0.15, 0.2) is 24.3 Å². The highest BCUT2D eigenvalue weighted by molar-refractivity contribution is 5.91. The predicted molar refractivity (Wildman–Crippen MR) is 68.2 cm³/mol. The molecule has 1 saturated heterocycles. The zero-order valence-electron chi connectivity index (χ0n) is 10.4. The van der Waals surface area contributed by atoms with Gasteiger partial charge in [-0.2, -0.15) is 0 Å². The summed E-state index contributed by atoms with van der Waals surface area (Å²) < 4.78 is 0. The molecule has 1 heterocycles. The van der Waals surface area contributed by atoms with Gasteiger partial charge in [0.05, 0.1) is 12.1 Å². The summed E-state index contributed by atoms with van der Waals surface area (Å²) in [5.74, 6) is -0.306. The normalized spacial score (nSPS) is 28.9. The smallest absolute Gasteiger partial charge is 0.243 e. The number of benzene rings is 1. The van der Waals surface area contributed by atoms with Gasteiger partial charge >= 0.3 is 0 Å². The Hall–Kier alpha value is -1.88. The number of amides is 2. The summed E-state index contributed by atoms with van der Waals surface area (Å²) >= 11 is 0. The highest BCUT2D eigenvalue weighted by Gasteiger charge is 2.35. The van der Waals surface area contributed by atoms with Crippen molar-refractivity contribution < 1.29 is 14.7 Å². The van der Waals surface area contributed by atoms with E-state index in [2.05, 4.69) is 10.6 Å². The molecule has 3 atom stereocenters. The van der Waals surface area contributed by atoms with Crippen molar-refractivity contribution in [1.29, 1.82) is 0 Å². The summed E-state index contributed by atoms with van der Waals surface area (Å²) in [5, 5.41) is 15.5. The molecule has 3 rings (SSSR count). The van der Waals surface area contributed by atoms with Crippen LogP contribution < -0.4 is 10.6 Å². The lowest BCUT2D eigenvalue weighted by molar-refractivity contribution is -0.126. The maximum absolute atomic E-state index is 12.1. The van der Waals surface area contributed by atoms with Crippen LogP contribution in [0.2, 0.25) is 0 Å². The summed E-state index contributed by atoms with van der Waals surface area (Å²) in [6, 6.07) is 6.86. The fourth-order valence-electron chi connectivity index (χ4n) is 2.81. The highest BCUT2D eigenvalue weighted by Crippen LogP contribution is 2.31. The lowest BCUT2D eigenvalue weighted by Gasteiger charge is -2.20. The molecule has 19 heavy (non-hydrogen) atoms. The van der Waals surface area contributed by atoms with Gasteiger partial charge in [-0.25, -0.2) is 0 Å². The van der Waals surface area contributed by atoms with Crippen LogP contribution in [0.5, 0.6) is 0 Å². The number of aliphatic hydroxyl groups is 1. The Bertz CT molecular complexity index is 529. The first-order valence-corrected chi connectivity index (χ1v) is 6.51. The van der Waals surface area contributed by atoms with E-state index in [1.165, 1.54) is 0 Å². The Kier molecular flexibility index (Phi) is 2.98. The number of nitrogens with one attached hydrogen (secondary N) is 2. The minimum absolute atomic E-state index is 0.0903. The average molecular weight is 260 g/mol. The van der Waals surface area contributed by atoms with Crippen molar-refractivity contribution in [2.75, 3.05) is 0 Å². The number of hydrogen-bond donors (Lipinski definition) is 3. The van der Waals surface area contributed by atoms with E-state index in [0.29, 0.717) is 19.3 Å². The fourth-order valence-corrected chi connectivity index (χ4v) is 2.81. The van der Waals surface area contributed by atoms with E-state index in [-0.39, 0.29) is 17.9 Å². The zero-order chi connectivity index (χ0) is 13.4. The monoisotopic (exact) mass is 260 g/mol. The Morgan fingerprint density at radius 3 is 2.89 bits per heavy atom.